The molecular weight excluding hydrogens is 339 g/mol. The molecule has 3 rings (SSSR count). The zero-order valence-electron chi connectivity index (χ0n) is 14.5. The SMILES string of the molecule is CCOC(=O)c1cnc2ccc(F)cc2c1NCC(C)(O)c1ccco1. The Bertz CT molecular complexity index is 923. The van der Waals surface area contributed by atoms with Crippen LogP contribution in [0.3, 0.4) is 0 Å². The Morgan fingerprint density at radius 2 is 2.23 bits per heavy atom. The zero-order chi connectivity index (χ0) is 18.7. The molecule has 0 fully saturated rings. The highest BCUT2D eigenvalue weighted by Crippen LogP contribution is 2.29. The van der Waals surface area contributed by atoms with E-state index in [4.69, 9.17) is 9.15 Å². The van der Waals surface area contributed by atoms with Crippen molar-refractivity contribution < 1.29 is 23.4 Å². The number of anilines is 1. The van der Waals surface area contributed by atoms with Crippen molar-refractivity contribution in [2.45, 2.75) is 19.4 Å². The van der Waals surface area contributed by atoms with E-state index in [-0.39, 0.29) is 18.7 Å². The Hall–Kier alpha value is -2.93. The normalized spacial score (nSPS) is 13.4. The number of fused-ring (bicyclic) bond motifs is 1. The maximum atomic E-state index is 13.8. The van der Waals surface area contributed by atoms with Gasteiger partial charge in [0.1, 0.15) is 22.7 Å². The molecule has 3 aromatic rings. The van der Waals surface area contributed by atoms with E-state index in [9.17, 15) is 14.3 Å². The molecule has 1 aromatic carbocycles. The number of ether oxygens (including phenoxy) is 1. The summed E-state index contributed by atoms with van der Waals surface area (Å²) in [5, 5.41) is 14.1. The van der Waals surface area contributed by atoms with E-state index in [0.29, 0.717) is 22.4 Å². The number of hydrogen-bond donors (Lipinski definition) is 2. The summed E-state index contributed by atoms with van der Waals surface area (Å²) in [6.45, 7) is 3.50. The molecule has 0 radical (unpaired) electrons. The molecule has 1 atom stereocenters. The zero-order valence-corrected chi connectivity index (χ0v) is 14.5. The van der Waals surface area contributed by atoms with Crippen LogP contribution in [0.2, 0.25) is 0 Å². The minimum absolute atomic E-state index is 0.0303. The molecule has 0 saturated heterocycles. The molecule has 1 unspecified atom stereocenters. The number of rotatable bonds is 6. The fourth-order valence-corrected chi connectivity index (χ4v) is 2.65. The van der Waals surface area contributed by atoms with Gasteiger partial charge in [-0.2, -0.15) is 0 Å². The van der Waals surface area contributed by atoms with Crippen molar-refractivity contribution in [2.24, 2.45) is 0 Å². The van der Waals surface area contributed by atoms with Gasteiger partial charge in [0.2, 0.25) is 0 Å². The number of aromatic nitrogens is 1. The van der Waals surface area contributed by atoms with Crippen LogP contribution in [0.4, 0.5) is 10.1 Å². The third kappa shape index (κ3) is 3.52. The second-order valence-electron chi connectivity index (χ2n) is 6.03. The molecule has 2 heterocycles. The summed E-state index contributed by atoms with van der Waals surface area (Å²) < 4.78 is 24.1. The summed E-state index contributed by atoms with van der Waals surface area (Å²) in [7, 11) is 0. The molecule has 0 saturated carbocycles. The van der Waals surface area contributed by atoms with Gasteiger partial charge in [-0.25, -0.2) is 9.18 Å². The average Bonchev–Trinajstić information content (AvgIpc) is 3.15. The number of halogens is 1. The molecule has 2 aromatic heterocycles. The van der Waals surface area contributed by atoms with Gasteiger partial charge in [0.15, 0.2) is 0 Å². The molecule has 0 amide bonds. The maximum Gasteiger partial charge on any atom is 0.341 e. The fourth-order valence-electron chi connectivity index (χ4n) is 2.65. The van der Waals surface area contributed by atoms with Gasteiger partial charge < -0.3 is 19.6 Å². The molecule has 7 heteroatoms. The maximum absolute atomic E-state index is 13.8. The van der Waals surface area contributed by atoms with Crippen molar-refractivity contribution in [3.05, 3.63) is 59.9 Å². The monoisotopic (exact) mass is 358 g/mol. The minimum Gasteiger partial charge on any atom is -0.466 e. The average molecular weight is 358 g/mol. The standard InChI is InChI=1S/C19H19FN2O4/c1-3-25-18(23)14-10-21-15-7-6-12(20)9-13(15)17(14)22-11-19(2,24)16-5-4-8-26-16/h4-10,24H,3,11H2,1-2H3,(H,21,22). The van der Waals surface area contributed by atoms with Gasteiger partial charge in [-0.15, -0.1) is 0 Å². The Balaban J connectivity index is 2.02. The van der Waals surface area contributed by atoms with Crippen LogP contribution in [0.25, 0.3) is 10.9 Å². The number of pyridine rings is 1. The van der Waals surface area contributed by atoms with Crippen LogP contribution in [-0.2, 0) is 10.3 Å². The summed E-state index contributed by atoms with van der Waals surface area (Å²) in [6, 6.07) is 7.43. The van der Waals surface area contributed by atoms with Gasteiger partial charge in [-0.1, -0.05) is 0 Å². The Kier molecular flexibility index (Phi) is 4.90. The van der Waals surface area contributed by atoms with Gasteiger partial charge in [0, 0.05) is 11.6 Å². The first-order chi connectivity index (χ1) is 12.4. The molecule has 0 aliphatic heterocycles. The summed E-state index contributed by atoms with van der Waals surface area (Å²) in [5.74, 6) is -0.667. The van der Waals surface area contributed by atoms with Crippen LogP contribution in [-0.4, -0.2) is 29.2 Å². The fraction of sp³-hybridized carbons (Fsp3) is 0.263. The number of aliphatic hydroxyl groups is 1. The van der Waals surface area contributed by atoms with Crippen molar-refractivity contribution in [1.82, 2.24) is 4.98 Å². The van der Waals surface area contributed by atoms with Crippen LogP contribution >= 0.6 is 0 Å². The second-order valence-corrected chi connectivity index (χ2v) is 6.03. The largest absolute Gasteiger partial charge is 0.466 e. The van der Waals surface area contributed by atoms with E-state index in [1.54, 1.807) is 26.0 Å². The lowest BCUT2D eigenvalue weighted by molar-refractivity contribution is 0.0471. The van der Waals surface area contributed by atoms with Crippen molar-refractivity contribution in [3.63, 3.8) is 0 Å². The molecule has 0 spiro atoms. The molecular formula is C19H19FN2O4. The van der Waals surface area contributed by atoms with Gasteiger partial charge in [0.25, 0.3) is 0 Å². The molecule has 0 aliphatic rings. The third-order valence-corrected chi connectivity index (χ3v) is 3.99. The number of nitrogens with zero attached hydrogens (tertiary/aromatic N) is 1. The summed E-state index contributed by atoms with van der Waals surface area (Å²) in [4.78, 5) is 16.5. The van der Waals surface area contributed by atoms with Gasteiger partial charge in [0.05, 0.1) is 30.6 Å². The topological polar surface area (TPSA) is 84.6 Å². The summed E-state index contributed by atoms with van der Waals surface area (Å²) in [6.07, 6.45) is 2.84. The van der Waals surface area contributed by atoms with Crippen LogP contribution in [0.15, 0.2) is 47.2 Å². The molecule has 26 heavy (non-hydrogen) atoms. The van der Waals surface area contributed by atoms with Crippen LogP contribution in [0.1, 0.15) is 30.0 Å². The van der Waals surface area contributed by atoms with Crippen LogP contribution < -0.4 is 5.32 Å². The number of furan rings is 1. The van der Waals surface area contributed by atoms with Gasteiger partial charge >= 0.3 is 5.97 Å². The van der Waals surface area contributed by atoms with E-state index < -0.39 is 17.4 Å². The van der Waals surface area contributed by atoms with Gasteiger partial charge in [-0.05, 0) is 44.2 Å². The van der Waals surface area contributed by atoms with Crippen LogP contribution in [0, 0.1) is 5.82 Å². The summed E-state index contributed by atoms with van der Waals surface area (Å²) >= 11 is 0. The molecule has 136 valence electrons. The van der Waals surface area contributed by atoms with Crippen molar-refractivity contribution in [1.29, 1.82) is 0 Å². The van der Waals surface area contributed by atoms with Crippen molar-refractivity contribution >= 4 is 22.6 Å². The lowest BCUT2D eigenvalue weighted by atomic mass is 10.0. The van der Waals surface area contributed by atoms with E-state index in [2.05, 4.69) is 10.3 Å². The Morgan fingerprint density at radius 1 is 1.42 bits per heavy atom. The first kappa shape index (κ1) is 17.9. The highest BCUT2D eigenvalue weighted by Gasteiger charge is 2.27. The number of hydrogen-bond acceptors (Lipinski definition) is 6. The number of benzene rings is 1. The van der Waals surface area contributed by atoms with E-state index >= 15 is 0 Å². The number of carbonyl (C=O) groups excluding carboxylic acids is 1. The third-order valence-electron chi connectivity index (χ3n) is 3.99. The van der Waals surface area contributed by atoms with Crippen LogP contribution in [0.5, 0.6) is 0 Å². The van der Waals surface area contributed by atoms with Gasteiger partial charge in [-0.3, -0.25) is 4.98 Å². The van der Waals surface area contributed by atoms with Crippen molar-refractivity contribution in [3.8, 4) is 0 Å². The number of carbonyl (C=O) groups is 1. The highest BCUT2D eigenvalue weighted by atomic mass is 19.1. The molecule has 2 N–H and O–H groups in total. The Morgan fingerprint density at radius 3 is 2.92 bits per heavy atom. The number of esters is 1. The van der Waals surface area contributed by atoms with E-state index in [1.807, 2.05) is 0 Å². The second kappa shape index (κ2) is 7.13. The minimum atomic E-state index is -1.33. The first-order valence-corrected chi connectivity index (χ1v) is 8.18. The molecule has 6 nitrogen and oxygen atoms in total. The number of nitrogens with one attached hydrogen (secondary N) is 1. The highest BCUT2D eigenvalue weighted by molar-refractivity contribution is 6.04. The summed E-state index contributed by atoms with van der Waals surface area (Å²) in [5.41, 5.74) is -0.308. The van der Waals surface area contributed by atoms with E-state index in [1.165, 1.54) is 30.7 Å². The first-order valence-electron chi connectivity index (χ1n) is 8.18. The smallest absolute Gasteiger partial charge is 0.341 e. The van der Waals surface area contributed by atoms with Crippen molar-refractivity contribution in [2.75, 3.05) is 18.5 Å². The van der Waals surface area contributed by atoms with E-state index in [0.717, 1.165) is 0 Å². The molecule has 0 aliphatic carbocycles. The molecule has 0 bridgehead atoms. The predicted octanol–water partition coefficient (Wildman–Crippen LogP) is 3.46. The lowest BCUT2D eigenvalue weighted by Crippen LogP contribution is -2.31. The lowest BCUT2D eigenvalue weighted by Gasteiger charge is -2.23. The Labute approximate surface area is 149 Å². The quantitative estimate of drug-likeness (QED) is 0.657. The predicted molar refractivity (Wildman–Crippen MR) is 94.4 cm³/mol.